The molecule has 1 N–H and O–H groups in total. The number of rotatable bonds is 4. The van der Waals surface area contributed by atoms with Gasteiger partial charge in [0.25, 0.3) is 0 Å². The molecule has 0 aliphatic rings. The minimum atomic E-state index is 0.0393. The van der Waals surface area contributed by atoms with Crippen LogP contribution in [0.3, 0.4) is 0 Å². The summed E-state index contributed by atoms with van der Waals surface area (Å²) >= 11 is 3.58. The molecule has 4 nitrogen and oxygen atoms in total. The van der Waals surface area contributed by atoms with Gasteiger partial charge in [0.1, 0.15) is 0 Å². The first-order chi connectivity index (χ1) is 9.08. The number of nitrogens with one attached hydrogen (secondary N) is 1. The monoisotopic (exact) mass is 322 g/mol. The van der Waals surface area contributed by atoms with Crippen molar-refractivity contribution in [1.82, 2.24) is 20.1 Å². The third-order valence-corrected chi connectivity index (χ3v) is 3.83. The molecule has 0 radical (unpaired) electrons. The van der Waals surface area contributed by atoms with Gasteiger partial charge < -0.3 is 5.32 Å². The fourth-order valence-electron chi connectivity index (χ4n) is 2.34. The summed E-state index contributed by atoms with van der Waals surface area (Å²) in [7, 11) is 1.95. The third-order valence-electron chi connectivity index (χ3n) is 3.22. The SMILES string of the molecule is CCn1ncc(Br)c1C(NC)c1ncc(C)cc1C. The number of nitrogens with zero attached hydrogens (tertiary/aromatic N) is 3. The van der Waals surface area contributed by atoms with Crippen LogP contribution in [-0.2, 0) is 6.54 Å². The molecule has 0 saturated carbocycles. The van der Waals surface area contributed by atoms with Gasteiger partial charge in [-0.2, -0.15) is 5.10 Å². The fourth-order valence-corrected chi connectivity index (χ4v) is 2.87. The Kier molecular flexibility index (Phi) is 4.37. The molecule has 2 aromatic heterocycles. The Morgan fingerprint density at radius 2 is 2.11 bits per heavy atom. The largest absolute Gasteiger partial charge is 0.307 e. The van der Waals surface area contributed by atoms with Gasteiger partial charge in [0, 0.05) is 12.7 Å². The van der Waals surface area contributed by atoms with Crippen molar-refractivity contribution in [3.63, 3.8) is 0 Å². The van der Waals surface area contributed by atoms with Crippen LogP contribution in [0, 0.1) is 13.8 Å². The zero-order valence-electron chi connectivity index (χ0n) is 11.7. The topological polar surface area (TPSA) is 42.7 Å². The number of pyridine rings is 1. The van der Waals surface area contributed by atoms with Gasteiger partial charge in [0.15, 0.2) is 0 Å². The first-order valence-corrected chi connectivity index (χ1v) is 7.19. The van der Waals surface area contributed by atoms with Crippen LogP contribution in [0.15, 0.2) is 22.9 Å². The quantitative estimate of drug-likeness (QED) is 0.941. The summed E-state index contributed by atoms with van der Waals surface area (Å²) in [5.41, 5.74) is 4.53. The molecule has 0 bridgehead atoms. The average molecular weight is 323 g/mol. The molecule has 0 aromatic carbocycles. The smallest absolute Gasteiger partial charge is 0.0933 e. The number of hydrogen-bond donors (Lipinski definition) is 1. The summed E-state index contributed by atoms with van der Waals surface area (Å²) < 4.78 is 3.00. The van der Waals surface area contributed by atoms with Gasteiger partial charge in [-0.15, -0.1) is 0 Å². The van der Waals surface area contributed by atoms with Crippen LogP contribution in [0.5, 0.6) is 0 Å². The summed E-state index contributed by atoms with van der Waals surface area (Å²) in [5.74, 6) is 0. The Morgan fingerprint density at radius 1 is 1.37 bits per heavy atom. The second-order valence-electron chi connectivity index (χ2n) is 4.63. The zero-order valence-corrected chi connectivity index (χ0v) is 13.3. The van der Waals surface area contributed by atoms with E-state index in [2.05, 4.69) is 58.2 Å². The predicted molar refractivity (Wildman–Crippen MR) is 80.2 cm³/mol. The summed E-state index contributed by atoms with van der Waals surface area (Å²) in [6, 6.07) is 2.20. The number of halogens is 1. The van der Waals surface area contributed by atoms with E-state index in [9.17, 15) is 0 Å². The van der Waals surface area contributed by atoms with Crippen molar-refractivity contribution in [2.45, 2.75) is 33.4 Å². The van der Waals surface area contributed by atoms with Crippen LogP contribution in [0.4, 0.5) is 0 Å². The molecule has 2 rings (SSSR count). The fraction of sp³-hybridized carbons (Fsp3) is 0.429. The molecular weight excluding hydrogens is 304 g/mol. The molecule has 0 aliphatic carbocycles. The van der Waals surface area contributed by atoms with Gasteiger partial charge in [-0.1, -0.05) is 6.07 Å². The summed E-state index contributed by atoms with van der Waals surface area (Å²) in [6.07, 6.45) is 3.75. The van der Waals surface area contributed by atoms with Crippen LogP contribution in [0.2, 0.25) is 0 Å². The molecule has 2 heterocycles. The molecular formula is C14H19BrN4. The van der Waals surface area contributed by atoms with Crippen molar-refractivity contribution in [1.29, 1.82) is 0 Å². The van der Waals surface area contributed by atoms with E-state index in [1.165, 1.54) is 11.1 Å². The van der Waals surface area contributed by atoms with Gasteiger partial charge in [0.05, 0.1) is 28.1 Å². The average Bonchev–Trinajstić information content (AvgIpc) is 2.74. The lowest BCUT2D eigenvalue weighted by molar-refractivity contribution is 0.552. The second kappa shape index (κ2) is 5.84. The Morgan fingerprint density at radius 3 is 2.68 bits per heavy atom. The maximum Gasteiger partial charge on any atom is 0.0933 e. The second-order valence-corrected chi connectivity index (χ2v) is 5.48. The molecule has 102 valence electrons. The van der Waals surface area contributed by atoms with Crippen molar-refractivity contribution < 1.29 is 0 Å². The zero-order chi connectivity index (χ0) is 14.0. The molecule has 19 heavy (non-hydrogen) atoms. The van der Waals surface area contributed by atoms with Gasteiger partial charge in [-0.25, -0.2) is 0 Å². The minimum Gasteiger partial charge on any atom is -0.307 e. The van der Waals surface area contributed by atoms with Crippen molar-refractivity contribution in [2.24, 2.45) is 0 Å². The summed E-state index contributed by atoms with van der Waals surface area (Å²) in [6.45, 7) is 7.08. The van der Waals surface area contributed by atoms with Crippen molar-refractivity contribution in [3.8, 4) is 0 Å². The summed E-state index contributed by atoms with van der Waals surface area (Å²) in [5, 5.41) is 7.72. The van der Waals surface area contributed by atoms with Gasteiger partial charge in [0.2, 0.25) is 0 Å². The Hall–Kier alpha value is -1.20. The van der Waals surface area contributed by atoms with Crippen molar-refractivity contribution in [3.05, 3.63) is 45.4 Å². The van der Waals surface area contributed by atoms with E-state index in [0.29, 0.717) is 0 Å². The molecule has 1 unspecified atom stereocenters. The molecule has 0 spiro atoms. The number of aromatic nitrogens is 3. The van der Waals surface area contributed by atoms with Crippen LogP contribution in [0.1, 0.15) is 35.5 Å². The van der Waals surface area contributed by atoms with Gasteiger partial charge in [-0.3, -0.25) is 9.67 Å². The normalized spacial score (nSPS) is 12.7. The number of hydrogen-bond acceptors (Lipinski definition) is 3. The van der Waals surface area contributed by atoms with E-state index in [0.717, 1.165) is 22.4 Å². The molecule has 5 heteroatoms. The maximum atomic E-state index is 4.60. The maximum absolute atomic E-state index is 4.60. The Balaban J connectivity index is 2.52. The van der Waals surface area contributed by atoms with Crippen molar-refractivity contribution in [2.75, 3.05) is 7.05 Å². The Bertz CT molecular complexity index is 577. The van der Waals surface area contributed by atoms with Gasteiger partial charge in [-0.05, 0) is 54.9 Å². The van der Waals surface area contributed by atoms with Crippen LogP contribution < -0.4 is 5.32 Å². The van der Waals surface area contributed by atoms with Crippen LogP contribution in [0.25, 0.3) is 0 Å². The highest BCUT2D eigenvalue weighted by Crippen LogP contribution is 2.29. The van der Waals surface area contributed by atoms with E-state index in [-0.39, 0.29) is 6.04 Å². The Labute approximate surface area is 122 Å². The predicted octanol–water partition coefficient (Wildman–Crippen LogP) is 2.99. The highest BCUT2D eigenvalue weighted by molar-refractivity contribution is 9.10. The van der Waals surface area contributed by atoms with E-state index in [4.69, 9.17) is 0 Å². The molecule has 0 amide bonds. The lowest BCUT2D eigenvalue weighted by atomic mass is 10.0. The lowest BCUT2D eigenvalue weighted by Gasteiger charge is -2.20. The molecule has 0 aliphatic heterocycles. The first-order valence-electron chi connectivity index (χ1n) is 6.40. The van der Waals surface area contributed by atoms with E-state index in [1.807, 2.05) is 24.1 Å². The van der Waals surface area contributed by atoms with Crippen LogP contribution in [-0.4, -0.2) is 21.8 Å². The minimum absolute atomic E-state index is 0.0393. The first kappa shape index (κ1) is 14.2. The third kappa shape index (κ3) is 2.72. The summed E-state index contributed by atoms with van der Waals surface area (Å²) in [4.78, 5) is 4.60. The van der Waals surface area contributed by atoms with Crippen LogP contribution >= 0.6 is 15.9 Å². The molecule has 2 aromatic rings. The van der Waals surface area contributed by atoms with E-state index >= 15 is 0 Å². The van der Waals surface area contributed by atoms with Crippen molar-refractivity contribution >= 4 is 15.9 Å². The van der Waals surface area contributed by atoms with Gasteiger partial charge >= 0.3 is 0 Å². The molecule has 1 atom stereocenters. The molecule has 0 fully saturated rings. The highest BCUT2D eigenvalue weighted by Gasteiger charge is 2.22. The molecule has 0 saturated heterocycles. The number of aryl methyl sites for hydroxylation is 3. The van der Waals surface area contributed by atoms with E-state index < -0.39 is 0 Å². The lowest BCUT2D eigenvalue weighted by Crippen LogP contribution is -2.23. The van der Waals surface area contributed by atoms with E-state index in [1.54, 1.807) is 0 Å². The standard InChI is InChI=1S/C14H19BrN4/c1-5-19-14(11(15)8-18-19)13(16-4)12-10(3)6-9(2)7-17-12/h6-8,13,16H,5H2,1-4H3. The highest BCUT2D eigenvalue weighted by atomic mass is 79.9.